The molecule has 2 rings (SSSR count). The molecule has 0 atom stereocenters. The number of carbonyl (C=O) groups is 2. The van der Waals surface area contributed by atoms with E-state index in [1.165, 1.54) is 25.1 Å². The summed E-state index contributed by atoms with van der Waals surface area (Å²) in [4.78, 5) is 23.0. The monoisotopic (exact) mass is 286 g/mol. The SMILES string of the molecule is CC(=O)Nc1ccc(C(=O)Nc2ccc(F)cc2C)cc1. The summed E-state index contributed by atoms with van der Waals surface area (Å²) in [6.07, 6.45) is 0. The first-order valence-corrected chi connectivity index (χ1v) is 6.41. The zero-order chi connectivity index (χ0) is 15.4. The summed E-state index contributed by atoms with van der Waals surface area (Å²) in [5, 5.41) is 5.34. The van der Waals surface area contributed by atoms with Crippen LogP contribution in [0.25, 0.3) is 0 Å². The molecule has 0 bridgehead atoms. The molecule has 0 unspecified atom stereocenters. The molecule has 0 fully saturated rings. The zero-order valence-electron chi connectivity index (χ0n) is 11.7. The molecule has 0 heterocycles. The van der Waals surface area contributed by atoms with Crippen LogP contribution in [-0.4, -0.2) is 11.8 Å². The molecule has 0 aliphatic heterocycles. The van der Waals surface area contributed by atoms with Crippen LogP contribution >= 0.6 is 0 Å². The Balaban J connectivity index is 2.11. The normalized spacial score (nSPS) is 10.0. The molecule has 0 aliphatic carbocycles. The van der Waals surface area contributed by atoms with Gasteiger partial charge in [-0.05, 0) is 55.0 Å². The molecule has 0 spiro atoms. The van der Waals surface area contributed by atoms with Gasteiger partial charge in [0, 0.05) is 23.9 Å². The number of carbonyl (C=O) groups excluding carboxylic acids is 2. The van der Waals surface area contributed by atoms with Gasteiger partial charge < -0.3 is 10.6 Å². The van der Waals surface area contributed by atoms with E-state index in [1.54, 1.807) is 31.2 Å². The highest BCUT2D eigenvalue weighted by atomic mass is 19.1. The fourth-order valence-corrected chi connectivity index (χ4v) is 1.87. The second kappa shape index (κ2) is 6.17. The van der Waals surface area contributed by atoms with E-state index in [4.69, 9.17) is 0 Å². The maximum absolute atomic E-state index is 13.0. The molecule has 2 aromatic rings. The predicted molar refractivity (Wildman–Crippen MR) is 79.8 cm³/mol. The summed E-state index contributed by atoms with van der Waals surface area (Å²) in [6.45, 7) is 3.14. The fraction of sp³-hybridized carbons (Fsp3) is 0.125. The highest BCUT2D eigenvalue weighted by Gasteiger charge is 2.08. The molecule has 0 aromatic heterocycles. The summed E-state index contributed by atoms with van der Waals surface area (Å²) < 4.78 is 13.0. The number of halogens is 1. The first-order chi connectivity index (χ1) is 9.95. The quantitative estimate of drug-likeness (QED) is 0.909. The van der Waals surface area contributed by atoms with E-state index in [0.29, 0.717) is 22.5 Å². The molecule has 2 amide bonds. The van der Waals surface area contributed by atoms with Crippen molar-refractivity contribution in [2.45, 2.75) is 13.8 Å². The highest BCUT2D eigenvalue weighted by molar-refractivity contribution is 6.05. The van der Waals surface area contributed by atoms with Crippen LogP contribution in [0, 0.1) is 12.7 Å². The van der Waals surface area contributed by atoms with Crippen LogP contribution in [0.15, 0.2) is 42.5 Å². The third-order valence-corrected chi connectivity index (χ3v) is 2.90. The van der Waals surface area contributed by atoms with Gasteiger partial charge in [0.25, 0.3) is 5.91 Å². The Hall–Kier alpha value is -2.69. The number of amides is 2. The molecule has 108 valence electrons. The molecule has 0 saturated carbocycles. The number of rotatable bonds is 3. The Bertz CT molecular complexity index is 681. The Morgan fingerprint density at radius 1 is 1.00 bits per heavy atom. The molecule has 2 aromatic carbocycles. The molecular weight excluding hydrogens is 271 g/mol. The lowest BCUT2D eigenvalue weighted by Gasteiger charge is -2.09. The van der Waals surface area contributed by atoms with E-state index in [2.05, 4.69) is 10.6 Å². The number of anilines is 2. The van der Waals surface area contributed by atoms with Crippen LogP contribution in [-0.2, 0) is 4.79 Å². The molecule has 4 nitrogen and oxygen atoms in total. The van der Waals surface area contributed by atoms with Crippen molar-refractivity contribution in [2.24, 2.45) is 0 Å². The van der Waals surface area contributed by atoms with Gasteiger partial charge in [-0.3, -0.25) is 9.59 Å². The number of hydrogen-bond donors (Lipinski definition) is 2. The first kappa shape index (κ1) is 14.7. The van der Waals surface area contributed by atoms with Gasteiger partial charge in [0.05, 0.1) is 0 Å². The Labute approximate surface area is 122 Å². The van der Waals surface area contributed by atoms with E-state index >= 15 is 0 Å². The van der Waals surface area contributed by atoms with Crippen LogP contribution in [0.1, 0.15) is 22.8 Å². The third kappa shape index (κ3) is 3.89. The number of nitrogens with one attached hydrogen (secondary N) is 2. The van der Waals surface area contributed by atoms with Crippen LogP contribution in [0.2, 0.25) is 0 Å². The molecule has 0 saturated heterocycles. The molecule has 0 aliphatic rings. The third-order valence-electron chi connectivity index (χ3n) is 2.90. The summed E-state index contributed by atoms with van der Waals surface area (Å²) in [7, 11) is 0. The minimum atomic E-state index is -0.342. The lowest BCUT2D eigenvalue weighted by Crippen LogP contribution is -2.13. The first-order valence-electron chi connectivity index (χ1n) is 6.41. The second-order valence-corrected chi connectivity index (χ2v) is 4.67. The van der Waals surface area contributed by atoms with E-state index < -0.39 is 0 Å². The van der Waals surface area contributed by atoms with Crippen molar-refractivity contribution in [3.8, 4) is 0 Å². The van der Waals surface area contributed by atoms with Crippen LogP contribution in [0.5, 0.6) is 0 Å². The topological polar surface area (TPSA) is 58.2 Å². The van der Waals surface area contributed by atoms with E-state index in [-0.39, 0.29) is 17.6 Å². The summed E-state index contributed by atoms with van der Waals surface area (Å²) in [5.74, 6) is -0.807. The predicted octanol–water partition coefficient (Wildman–Crippen LogP) is 3.34. The smallest absolute Gasteiger partial charge is 0.255 e. The maximum Gasteiger partial charge on any atom is 0.255 e. The van der Waals surface area contributed by atoms with Gasteiger partial charge in [0.1, 0.15) is 5.82 Å². The van der Waals surface area contributed by atoms with Gasteiger partial charge >= 0.3 is 0 Å². The number of benzene rings is 2. The van der Waals surface area contributed by atoms with Crippen molar-refractivity contribution >= 4 is 23.2 Å². The Kier molecular flexibility index (Phi) is 4.33. The minimum Gasteiger partial charge on any atom is -0.326 e. The summed E-state index contributed by atoms with van der Waals surface area (Å²) in [5.41, 5.74) is 2.29. The molecule has 0 radical (unpaired) electrons. The summed E-state index contributed by atoms with van der Waals surface area (Å²) in [6, 6.07) is 10.7. The average molecular weight is 286 g/mol. The average Bonchev–Trinajstić information content (AvgIpc) is 2.42. The van der Waals surface area contributed by atoms with Crippen molar-refractivity contribution in [3.05, 3.63) is 59.4 Å². The van der Waals surface area contributed by atoms with Gasteiger partial charge in [-0.2, -0.15) is 0 Å². The second-order valence-electron chi connectivity index (χ2n) is 4.67. The van der Waals surface area contributed by atoms with E-state index in [9.17, 15) is 14.0 Å². The van der Waals surface area contributed by atoms with Gasteiger partial charge in [-0.25, -0.2) is 4.39 Å². The number of aryl methyl sites for hydroxylation is 1. The Morgan fingerprint density at radius 2 is 1.67 bits per heavy atom. The van der Waals surface area contributed by atoms with Crippen molar-refractivity contribution in [3.63, 3.8) is 0 Å². The zero-order valence-corrected chi connectivity index (χ0v) is 11.7. The molecule has 21 heavy (non-hydrogen) atoms. The van der Waals surface area contributed by atoms with Crippen molar-refractivity contribution in [1.82, 2.24) is 0 Å². The van der Waals surface area contributed by atoms with E-state index in [1.807, 2.05) is 0 Å². The lowest BCUT2D eigenvalue weighted by molar-refractivity contribution is -0.114. The summed E-state index contributed by atoms with van der Waals surface area (Å²) >= 11 is 0. The fourth-order valence-electron chi connectivity index (χ4n) is 1.87. The highest BCUT2D eigenvalue weighted by Crippen LogP contribution is 2.17. The maximum atomic E-state index is 13.0. The van der Waals surface area contributed by atoms with Gasteiger partial charge in [0.15, 0.2) is 0 Å². The van der Waals surface area contributed by atoms with E-state index in [0.717, 1.165) is 0 Å². The van der Waals surface area contributed by atoms with Crippen molar-refractivity contribution in [2.75, 3.05) is 10.6 Å². The molecular formula is C16H15FN2O2. The van der Waals surface area contributed by atoms with Crippen LogP contribution in [0.4, 0.5) is 15.8 Å². The standard InChI is InChI=1S/C16H15FN2O2/c1-10-9-13(17)5-8-15(10)19-16(21)12-3-6-14(7-4-12)18-11(2)20/h3-9H,1-2H3,(H,18,20)(H,19,21). The van der Waals surface area contributed by atoms with Gasteiger partial charge in [-0.15, -0.1) is 0 Å². The van der Waals surface area contributed by atoms with Crippen molar-refractivity contribution in [1.29, 1.82) is 0 Å². The Morgan fingerprint density at radius 3 is 2.24 bits per heavy atom. The minimum absolute atomic E-state index is 0.172. The number of hydrogen-bond acceptors (Lipinski definition) is 2. The van der Waals surface area contributed by atoms with Crippen LogP contribution < -0.4 is 10.6 Å². The van der Waals surface area contributed by atoms with Crippen LogP contribution in [0.3, 0.4) is 0 Å². The molecule has 5 heteroatoms. The largest absolute Gasteiger partial charge is 0.326 e. The van der Waals surface area contributed by atoms with Gasteiger partial charge in [-0.1, -0.05) is 0 Å². The van der Waals surface area contributed by atoms with Gasteiger partial charge in [0.2, 0.25) is 5.91 Å². The lowest BCUT2D eigenvalue weighted by atomic mass is 10.1. The molecule has 2 N–H and O–H groups in total. The van der Waals surface area contributed by atoms with Crippen molar-refractivity contribution < 1.29 is 14.0 Å².